The van der Waals surface area contributed by atoms with Gasteiger partial charge in [0.15, 0.2) is 0 Å². The van der Waals surface area contributed by atoms with Crippen molar-refractivity contribution in [1.29, 1.82) is 0 Å². The third-order valence-electron chi connectivity index (χ3n) is 7.84. The summed E-state index contributed by atoms with van der Waals surface area (Å²) in [5.74, 6) is -0.0785. The van der Waals surface area contributed by atoms with E-state index < -0.39 is 5.54 Å². The second kappa shape index (κ2) is 13.5. The van der Waals surface area contributed by atoms with Gasteiger partial charge in [0, 0.05) is 41.8 Å². The molecule has 7 nitrogen and oxygen atoms in total. The molecule has 0 bridgehead atoms. The molecule has 9 heteroatoms. The normalized spacial score (nSPS) is 16.7. The molecule has 0 aliphatic carbocycles. The van der Waals surface area contributed by atoms with Gasteiger partial charge >= 0.3 is 0 Å². The Labute approximate surface area is 241 Å². The first kappa shape index (κ1) is 29.2. The molecule has 2 aliphatic rings. The highest BCUT2D eigenvalue weighted by Gasteiger charge is 2.54. The molecule has 2 fully saturated rings. The molecule has 2 heterocycles. The van der Waals surface area contributed by atoms with E-state index in [0.29, 0.717) is 62.0 Å². The average molecular weight is 574 g/mol. The lowest BCUT2D eigenvalue weighted by molar-refractivity contribution is -0.140. The van der Waals surface area contributed by atoms with Crippen LogP contribution in [-0.4, -0.2) is 65.9 Å². The van der Waals surface area contributed by atoms with Gasteiger partial charge in [-0.25, -0.2) is 0 Å². The molecule has 0 radical (unpaired) electrons. The van der Waals surface area contributed by atoms with Gasteiger partial charge in [0.1, 0.15) is 12.1 Å². The molecule has 1 N–H and O–H groups in total. The fourth-order valence-corrected chi connectivity index (χ4v) is 6.10. The van der Waals surface area contributed by atoms with Crippen molar-refractivity contribution in [2.24, 2.45) is 0 Å². The molecule has 2 aliphatic heterocycles. The number of amides is 3. The highest BCUT2D eigenvalue weighted by Crippen LogP contribution is 2.39. The zero-order chi connectivity index (χ0) is 27.8. The van der Waals surface area contributed by atoms with Gasteiger partial charge in [0.05, 0.1) is 6.67 Å². The number of likely N-dealkylation sites (tertiary alicyclic amines) is 1. The molecule has 39 heavy (non-hydrogen) atoms. The van der Waals surface area contributed by atoms with Gasteiger partial charge in [0.2, 0.25) is 11.8 Å². The van der Waals surface area contributed by atoms with E-state index in [1.54, 1.807) is 17.0 Å². The number of carbonyl (C=O) groups excluding carboxylic acids is 3. The molecular formula is C30H38Cl2N4O3. The molecule has 3 amide bonds. The van der Waals surface area contributed by atoms with Gasteiger partial charge in [-0.05, 0) is 55.5 Å². The molecule has 4 rings (SSSR count). The summed E-state index contributed by atoms with van der Waals surface area (Å²) < 4.78 is 0. The van der Waals surface area contributed by atoms with E-state index in [1.165, 1.54) is 0 Å². The lowest BCUT2D eigenvalue weighted by Crippen LogP contribution is -2.57. The summed E-state index contributed by atoms with van der Waals surface area (Å²) in [6.45, 7) is 3.98. The molecule has 2 aromatic rings. The van der Waals surface area contributed by atoms with E-state index in [1.807, 2.05) is 41.3 Å². The third-order valence-corrected chi connectivity index (χ3v) is 8.42. The maximum atomic E-state index is 13.9. The van der Waals surface area contributed by atoms with Crippen molar-refractivity contribution >= 4 is 46.6 Å². The van der Waals surface area contributed by atoms with Crippen molar-refractivity contribution in [1.82, 2.24) is 15.1 Å². The fourth-order valence-electron chi connectivity index (χ4n) is 5.60. The molecule has 0 saturated carbocycles. The van der Waals surface area contributed by atoms with Crippen LogP contribution in [-0.2, 0) is 20.8 Å². The minimum atomic E-state index is -0.753. The number of benzene rings is 2. The monoisotopic (exact) mass is 572 g/mol. The summed E-state index contributed by atoms with van der Waals surface area (Å²) in [4.78, 5) is 45.2. The Morgan fingerprint density at radius 2 is 1.74 bits per heavy atom. The molecule has 0 unspecified atom stereocenters. The van der Waals surface area contributed by atoms with Gasteiger partial charge in [0.25, 0.3) is 5.91 Å². The highest BCUT2D eigenvalue weighted by molar-refractivity contribution is 6.35. The number of nitrogens with zero attached hydrogens (tertiary/aromatic N) is 3. The van der Waals surface area contributed by atoms with E-state index in [9.17, 15) is 14.4 Å². The van der Waals surface area contributed by atoms with Crippen LogP contribution in [0.25, 0.3) is 0 Å². The lowest BCUT2D eigenvalue weighted by atomic mass is 9.85. The number of halogens is 2. The number of para-hydroxylation sites is 1. The number of rotatable bonds is 11. The van der Waals surface area contributed by atoms with Crippen LogP contribution in [0.5, 0.6) is 0 Å². The number of hydrogen-bond acceptors (Lipinski definition) is 4. The van der Waals surface area contributed by atoms with Crippen molar-refractivity contribution in [2.75, 3.05) is 37.7 Å². The summed E-state index contributed by atoms with van der Waals surface area (Å²) in [7, 11) is 0. The van der Waals surface area contributed by atoms with Crippen LogP contribution in [0.1, 0.15) is 57.4 Å². The van der Waals surface area contributed by atoms with Gasteiger partial charge < -0.3 is 20.0 Å². The molecule has 2 aromatic carbocycles. The Hall–Kier alpha value is -2.77. The minimum absolute atomic E-state index is 0.0155. The number of carbonyl (C=O) groups is 3. The van der Waals surface area contributed by atoms with Crippen molar-refractivity contribution in [2.45, 2.75) is 63.8 Å². The van der Waals surface area contributed by atoms with Crippen LogP contribution in [0.2, 0.25) is 10.0 Å². The summed E-state index contributed by atoms with van der Waals surface area (Å²) in [5, 5.41) is 4.06. The summed E-state index contributed by atoms with van der Waals surface area (Å²) >= 11 is 12.2. The molecular weight excluding hydrogens is 535 g/mol. The zero-order valence-electron chi connectivity index (χ0n) is 22.6. The quantitative estimate of drug-likeness (QED) is 0.371. The van der Waals surface area contributed by atoms with Crippen molar-refractivity contribution in [3.05, 3.63) is 64.1 Å². The first-order valence-electron chi connectivity index (χ1n) is 13.9. The van der Waals surface area contributed by atoms with E-state index >= 15 is 0 Å². The maximum Gasteiger partial charge on any atom is 0.250 e. The summed E-state index contributed by atoms with van der Waals surface area (Å²) in [6.07, 6.45) is 6.51. The van der Waals surface area contributed by atoms with Crippen LogP contribution in [0, 0.1) is 0 Å². The Balaban J connectivity index is 1.38. The zero-order valence-corrected chi connectivity index (χ0v) is 24.1. The maximum absolute atomic E-state index is 13.9. The Bertz CT molecular complexity index is 1150. The summed E-state index contributed by atoms with van der Waals surface area (Å²) in [6, 6.07) is 15.2. The van der Waals surface area contributed by atoms with Crippen LogP contribution >= 0.6 is 23.2 Å². The van der Waals surface area contributed by atoms with Crippen LogP contribution in [0.15, 0.2) is 48.5 Å². The third kappa shape index (κ3) is 7.06. The van der Waals surface area contributed by atoms with Gasteiger partial charge in [-0.3, -0.25) is 14.4 Å². The van der Waals surface area contributed by atoms with Crippen LogP contribution < -0.4 is 10.2 Å². The predicted molar refractivity (Wildman–Crippen MR) is 156 cm³/mol. The van der Waals surface area contributed by atoms with Crippen molar-refractivity contribution < 1.29 is 14.4 Å². The number of hydrogen-bond donors (Lipinski definition) is 1. The minimum Gasteiger partial charge on any atom is -0.354 e. The molecule has 210 valence electrons. The Kier molecular flexibility index (Phi) is 10.1. The lowest BCUT2D eigenvalue weighted by Gasteiger charge is -2.43. The second-order valence-corrected chi connectivity index (χ2v) is 11.3. The van der Waals surface area contributed by atoms with Gasteiger partial charge in [-0.2, -0.15) is 0 Å². The summed E-state index contributed by atoms with van der Waals surface area (Å²) in [5.41, 5.74) is 1.10. The smallest absolute Gasteiger partial charge is 0.250 e. The largest absolute Gasteiger partial charge is 0.354 e. The highest BCUT2D eigenvalue weighted by atomic mass is 35.5. The van der Waals surface area contributed by atoms with Gasteiger partial charge in [-0.15, -0.1) is 0 Å². The second-order valence-electron chi connectivity index (χ2n) is 10.5. The molecule has 1 spiro atoms. The Morgan fingerprint density at radius 1 is 1.00 bits per heavy atom. The van der Waals surface area contributed by atoms with Crippen molar-refractivity contribution in [3.8, 4) is 0 Å². The first-order valence-corrected chi connectivity index (χ1v) is 14.7. The van der Waals surface area contributed by atoms with Gasteiger partial charge in [-0.1, -0.05) is 73.7 Å². The molecule has 0 atom stereocenters. The van der Waals surface area contributed by atoms with Crippen LogP contribution in [0.3, 0.4) is 0 Å². The average Bonchev–Trinajstić information content (AvgIpc) is 3.19. The number of unbranched alkanes of at least 4 members (excludes halogenated alkanes) is 3. The topological polar surface area (TPSA) is 73.0 Å². The number of anilines is 1. The standard InChI is InChI=1S/C30H38Cl2N4O3/c1-2-3-4-8-11-28(38)34-18-15-30(16-19-34)29(39)35(22-36(30)25-9-6-5-7-10-25)21-27(37)33-17-14-23-12-13-24(31)20-26(23)32/h5-7,9-10,12-13,20H,2-4,8,11,14-19,21-22H2,1H3,(H,33,37). The Morgan fingerprint density at radius 3 is 2.44 bits per heavy atom. The number of nitrogens with one attached hydrogen (secondary N) is 1. The van der Waals surface area contributed by atoms with Crippen LogP contribution in [0.4, 0.5) is 5.69 Å². The van der Waals surface area contributed by atoms with E-state index in [-0.39, 0.29) is 24.3 Å². The predicted octanol–water partition coefficient (Wildman–Crippen LogP) is 5.29. The van der Waals surface area contributed by atoms with E-state index in [2.05, 4.69) is 17.1 Å². The molecule has 0 aromatic heterocycles. The SMILES string of the molecule is CCCCCCC(=O)N1CCC2(CC1)C(=O)N(CC(=O)NCCc1ccc(Cl)cc1Cl)CN2c1ccccc1. The fraction of sp³-hybridized carbons (Fsp3) is 0.500. The van der Waals surface area contributed by atoms with E-state index in [0.717, 1.165) is 36.9 Å². The van der Waals surface area contributed by atoms with E-state index in [4.69, 9.17) is 23.2 Å². The first-order chi connectivity index (χ1) is 18.8. The van der Waals surface area contributed by atoms with Crippen molar-refractivity contribution in [3.63, 3.8) is 0 Å². The molecule has 2 saturated heterocycles. The number of piperidine rings is 1.